The van der Waals surface area contributed by atoms with Crippen LogP contribution >= 0.6 is 0 Å². The van der Waals surface area contributed by atoms with Crippen molar-refractivity contribution < 1.29 is 29.0 Å². The molecule has 4 rings (SSSR count). The van der Waals surface area contributed by atoms with Crippen LogP contribution in [0.2, 0.25) is 0 Å². The number of imide groups is 1. The van der Waals surface area contributed by atoms with E-state index < -0.39 is 18.2 Å². The zero-order valence-corrected chi connectivity index (χ0v) is 16.5. The van der Waals surface area contributed by atoms with Crippen LogP contribution in [0.15, 0.2) is 48.5 Å². The summed E-state index contributed by atoms with van der Waals surface area (Å²) in [4.78, 5) is 40.4. The summed E-state index contributed by atoms with van der Waals surface area (Å²) in [7, 11) is 1.57. The Morgan fingerprint density at radius 3 is 2.30 bits per heavy atom. The van der Waals surface area contributed by atoms with Gasteiger partial charge in [-0.2, -0.15) is 0 Å². The highest BCUT2D eigenvalue weighted by Crippen LogP contribution is 2.26. The lowest BCUT2D eigenvalue weighted by Gasteiger charge is -2.26. The predicted octanol–water partition coefficient (Wildman–Crippen LogP) is 2.06. The molecular weight excluding hydrogens is 388 g/mol. The highest BCUT2D eigenvalue weighted by molar-refractivity contribution is 6.21. The first-order valence-corrected chi connectivity index (χ1v) is 9.67. The summed E-state index contributed by atoms with van der Waals surface area (Å²) in [5.74, 6) is -0.0687. The molecule has 2 heterocycles. The molecular formula is C22H22N2O6. The molecule has 1 saturated heterocycles. The molecule has 2 aliphatic heterocycles. The molecule has 2 atom stereocenters. The highest BCUT2D eigenvalue weighted by Gasteiger charge is 2.42. The van der Waals surface area contributed by atoms with Crippen LogP contribution in [-0.2, 0) is 11.3 Å². The number of hydrogen-bond acceptors (Lipinski definition) is 6. The van der Waals surface area contributed by atoms with Gasteiger partial charge in [-0.15, -0.1) is 0 Å². The summed E-state index contributed by atoms with van der Waals surface area (Å²) in [5.41, 5.74) is 1.50. The fourth-order valence-electron chi connectivity index (χ4n) is 3.85. The van der Waals surface area contributed by atoms with E-state index in [9.17, 15) is 19.5 Å². The van der Waals surface area contributed by atoms with E-state index in [1.807, 2.05) is 0 Å². The summed E-state index contributed by atoms with van der Waals surface area (Å²) in [6.45, 7) is 0.172. The monoisotopic (exact) mass is 410 g/mol. The number of fused-ring (bicyclic) bond motifs is 1. The van der Waals surface area contributed by atoms with Crippen molar-refractivity contribution in [1.82, 2.24) is 9.80 Å². The van der Waals surface area contributed by atoms with Crippen molar-refractivity contribution in [3.05, 3.63) is 65.2 Å². The van der Waals surface area contributed by atoms with Crippen LogP contribution in [0.5, 0.6) is 5.75 Å². The average Bonchev–Trinajstić information content (AvgIpc) is 3.25. The molecule has 8 nitrogen and oxygen atoms in total. The molecule has 30 heavy (non-hydrogen) atoms. The van der Waals surface area contributed by atoms with Crippen LogP contribution in [-0.4, -0.2) is 65.2 Å². The second-order valence-corrected chi connectivity index (χ2v) is 7.36. The van der Waals surface area contributed by atoms with Crippen molar-refractivity contribution in [1.29, 1.82) is 0 Å². The van der Waals surface area contributed by atoms with Gasteiger partial charge in [0.05, 0.1) is 43.5 Å². The van der Waals surface area contributed by atoms with Crippen molar-refractivity contribution >= 4 is 17.9 Å². The second kappa shape index (κ2) is 8.16. The fraction of sp³-hybridized carbons (Fsp3) is 0.318. The van der Waals surface area contributed by atoms with Crippen molar-refractivity contribution in [2.75, 3.05) is 20.2 Å². The Labute approximate surface area is 173 Å². The number of aliphatic hydroxyl groups excluding tert-OH is 1. The molecule has 0 radical (unpaired) electrons. The van der Waals surface area contributed by atoms with Gasteiger partial charge in [0.2, 0.25) is 0 Å². The molecule has 3 amide bonds. The number of methoxy groups -OCH3 is 1. The van der Waals surface area contributed by atoms with Gasteiger partial charge in [0, 0.05) is 0 Å². The lowest BCUT2D eigenvalue weighted by Crippen LogP contribution is -2.45. The van der Waals surface area contributed by atoms with E-state index in [-0.39, 0.29) is 37.9 Å². The largest absolute Gasteiger partial charge is 0.497 e. The Bertz CT molecular complexity index is 939. The van der Waals surface area contributed by atoms with Crippen molar-refractivity contribution in [3.8, 4) is 5.75 Å². The second-order valence-electron chi connectivity index (χ2n) is 7.36. The van der Waals surface area contributed by atoms with E-state index in [1.54, 1.807) is 55.6 Å². The van der Waals surface area contributed by atoms with Gasteiger partial charge in [-0.3, -0.25) is 14.5 Å². The van der Waals surface area contributed by atoms with Gasteiger partial charge in [0.25, 0.3) is 11.8 Å². The number of rotatable bonds is 5. The molecule has 8 heteroatoms. The SMILES string of the molecule is COc1ccc(COC(=O)N2C[C@H](O)C[C@H]2CN2C(=O)c3ccccc3C2=O)cc1. The third-order valence-electron chi connectivity index (χ3n) is 5.42. The Morgan fingerprint density at radius 1 is 1.07 bits per heavy atom. The number of likely N-dealkylation sites (tertiary alicyclic amines) is 1. The molecule has 0 spiro atoms. The third kappa shape index (κ3) is 3.73. The van der Waals surface area contributed by atoms with Crippen LogP contribution < -0.4 is 4.74 Å². The number of amides is 3. The molecule has 0 bridgehead atoms. The van der Waals surface area contributed by atoms with Crippen LogP contribution in [0.4, 0.5) is 4.79 Å². The number of hydrogen-bond donors (Lipinski definition) is 1. The highest BCUT2D eigenvalue weighted by atomic mass is 16.6. The van der Waals surface area contributed by atoms with Gasteiger partial charge in [-0.05, 0) is 36.2 Å². The summed E-state index contributed by atoms with van der Waals surface area (Å²) >= 11 is 0. The maximum Gasteiger partial charge on any atom is 0.410 e. The van der Waals surface area contributed by atoms with Crippen LogP contribution in [0.3, 0.4) is 0 Å². The quantitative estimate of drug-likeness (QED) is 0.758. The standard InChI is InChI=1S/C22H22N2O6/c1-29-17-8-6-14(7-9-17)13-30-22(28)23-12-16(25)10-15(23)11-24-20(26)18-4-2-3-5-19(18)21(24)27/h2-9,15-16,25H,10-13H2,1H3/t15-,16+/m0/s1. The summed E-state index contributed by atoms with van der Waals surface area (Å²) in [6.07, 6.45) is -1.06. The number of nitrogens with zero attached hydrogens (tertiary/aromatic N) is 2. The molecule has 0 aromatic heterocycles. The smallest absolute Gasteiger partial charge is 0.410 e. The van der Waals surface area contributed by atoms with Gasteiger partial charge in [-0.1, -0.05) is 24.3 Å². The average molecular weight is 410 g/mol. The summed E-state index contributed by atoms with van der Waals surface area (Å²) in [5, 5.41) is 10.1. The zero-order chi connectivity index (χ0) is 21.3. The number of benzene rings is 2. The van der Waals surface area contributed by atoms with E-state index in [0.717, 1.165) is 10.5 Å². The van der Waals surface area contributed by atoms with Crippen LogP contribution in [0.25, 0.3) is 0 Å². The normalized spacial score (nSPS) is 20.5. The summed E-state index contributed by atoms with van der Waals surface area (Å²) in [6, 6.07) is 13.3. The molecule has 0 aliphatic carbocycles. The minimum Gasteiger partial charge on any atom is -0.497 e. The van der Waals surface area contributed by atoms with Gasteiger partial charge >= 0.3 is 6.09 Å². The minimum atomic E-state index is -0.737. The van der Waals surface area contributed by atoms with Crippen molar-refractivity contribution in [2.45, 2.75) is 25.2 Å². The lowest BCUT2D eigenvalue weighted by atomic mass is 10.1. The van der Waals surface area contributed by atoms with E-state index in [1.165, 1.54) is 4.90 Å². The van der Waals surface area contributed by atoms with Crippen molar-refractivity contribution in [3.63, 3.8) is 0 Å². The molecule has 0 saturated carbocycles. The lowest BCUT2D eigenvalue weighted by molar-refractivity contribution is 0.0571. The maximum atomic E-state index is 12.6. The molecule has 2 aromatic carbocycles. The minimum absolute atomic E-state index is 0.0149. The number of β-amino-alcohol motifs (C(OH)–C–C–N with tert-alkyl or cyclic N) is 1. The van der Waals surface area contributed by atoms with E-state index in [0.29, 0.717) is 16.9 Å². The van der Waals surface area contributed by atoms with Crippen molar-refractivity contribution in [2.24, 2.45) is 0 Å². The Kier molecular flexibility index (Phi) is 5.41. The molecule has 156 valence electrons. The van der Waals surface area contributed by atoms with E-state index >= 15 is 0 Å². The molecule has 0 unspecified atom stereocenters. The number of carbonyl (C=O) groups is 3. The first kappa shape index (κ1) is 19.9. The van der Waals surface area contributed by atoms with Crippen LogP contribution in [0.1, 0.15) is 32.7 Å². The zero-order valence-electron chi connectivity index (χ0n) is 16.5. The van der Waals surface area contributed by atoms with Crippen LogP contribution in [0, 0.1) is 0 Å². The molecule has 2 aliphatic rings. The van der Waals surface area contributed by atoms with Gasteiger partial charge in [0.15, 0.2) is 0 Å². The summed E-state index contributed by atoms with van der Waals surface area (Å²) < 4.78 is 10.5. The third-order valence-corrected chi connectivity index (χ3v) is 5.42. The van der Waals surface area contributed by atoms with Gasteiger partial charge < -0.3 is 19.5 Å². The predicted molar refractivity (Wildman–Crippen MR) is 106 cm³/mol. The van der Waals surface area contributed by atoms with E-state index in [4.69, 9.17) is 9.47 Å². The van der Waals surface area contributed by atoms with E-state index in [2.05, 4.69) is 0 Å². The molecule has 1 N–H and O–H groups in total. The Balaban J connectivity index is 1.41. The number of ether oxygens (including phenoxy) is 2. The maximum absolute atomic E-state index is 12.6. The fourth-order valence-corrected chi connectivity index (χ4v) is 3.85. The Hall–Kier alpha value is -3.39. The first-order chi connectivity index (χ1) is 14.5. The number of aliphatic hydroxyl groups is 1. The van der Waals surface area contributed by atoms with Gasteiger partial charge in [-0.25, -0.2) is 4.79 Å². The topological polar surface area (TPSA) is 96.4 Å². The number of carbonyl (C=O) groups excluding carboxylic acids is 3. The first-order valence-electron chi connectivity index (χ1n) is 9.67. The van der Waals surface area contributed by atoms with Gasteiger partial charge in [0.1, 0.15) is 12.4 Å². The molecule has 2 aromatic rings. The Morgan fingerprint density at radius 2 is 1.70 bits per heavy atom. The molecule has 1 fully saturated rings.